The summed E-state index contributed by atoms with van der Waals surface area (Å²) in [5.74, 6) is 0.779. The second kappa shape index (κ2) is 5.72. The van der Waals surface area contributed by atoms with Crippen LogP contribution in [-0.2, 0) is 13.6 Å². The highest BCUT2D eigenvalue weighted by atomic mass is 31.2. The van der Waals surface area contributed by atoms with Crippen molar-refractivity contribution in [2.75, 3.05) is 13.2 Å². The largest absolute Gasteiger partial charge is 0.483 e. The van der Waals surface area contributed by atoms with E-state index >= 15 is 0 Å². The second-order valence-corrected chi connectivity index (χ2v) is 7.12. The van der Waals surface area contributed by atoms with Crippen LogP contribution in [0.3, 0.4) is 0 Å². The van der Waals surface area contributed by atoms with Gasteiger partial charge in [0.2, 0.25) is 0 Å². The Balaban J connectivity index is 2.38. The second-order valence-electron chi connectivity index (χ2n) is 5.09. The van der Waals surface area contributed by atoms with Crippen molar-refractivity contribution in [2.45, 2.75) is 33.3 Å². The minimum atomic E-state index is -3.24. The van der Waals surface area contributed by atoms with Gasteiger partial charge >= 0.3 is 7.60 Å². The third kappa shape index (κ3) is 3.14. The Morgan fingerprint density at radius 2 is 1.85 bits per heavy atom. The molecule has 1 aromatic rings. The molecule has 1 aliphatic heterocycles. The van der Waals surface area contributed by atoms with Crippen LogP contribution < -0.4 is 10.0 Å². The lowest BCUT2D eigenvalue weighted by Gasteiger charge is -2.28. The molecule has 5 heteroatoms. The van der Waals surface area contributed by atoms with Crippen molar-refractivity contribution in [1.29, 1.82) is 0 Å². The fourth-order valence-electron chi connectivity index (χ4n) is 2.06. The Bertz CT molecular complexity index is 553. The first-order valence-electron chi connectivity index (χ1n) is 6.82. The van der Waals surface area contributed by atoms with E-state index in [-0.39, 0.29) is 5.60 Å². The summed E-state index contributed by atoms with van der Waals surface area (Å²) < 4.78 is 29.3. The van der Waals surface area contributed by atoms with Crippen molar-refractivity contribution in [2.24, 2.45) is 0 Å². The summed E-state index contributed by atoms with van der Waals surface area (Å²) in [6, 6.07) is 5.38. The lowest BCUT2D eigenvalue weighted by molar-refractivity contribution is 0.159. The molecule has 0 spiro atoms. The van der Waals surface area contributed by atoms with Crippen molar-refractivity contribution >= 4 is 19.0 Å². The summed E-state index contributed by atoms with van der Waals surface area (Å²) in [6.45, 7) is 8.27. The van der Waals surface area contributed by atoms with Crippen LogP contribution in [0.1, 0.15) is 33.3 Å². The van der Waals surface area contributed by atoms with E-state index in [2.05, 4.69) is 0 Å². The Hall–Kier alpha value is -1.09. The zero-order valence-electron chi connectivity index (χ0n) is 12.4. The van der Waals surface area contributed by atoms with Gasteiger partial charge in [-0.05, 0) is 52.0 Å². The quantitative estimate of drug-likeness (QED) is 0.776. The number of hydrogen-bond acceptors (Lipinski definition) is 4. The minimum absolute atomic E-state index is 0.321. The zero-order chi connectivity index (χ0) is 14.8. The molecule has 110 valence electrons. The molecule has 0 radical (unpaired) electrons. The first-order chi connectivity index (χ1) is 9.40. The molecule has 0 saturated carbocycles. The molecule has 0 aliphatic carbocycles. The van der Waals surface area contributed by atoms with Gasteiger partial charge in [-0.2, -0.15) is 0 Å². The summed E-state index contributed by atoms with van der Waals surface area (Å²) >= 11 is 0. The maximum atomic E-state index is 12.7. The van der Waals surface area contributed by atoms with Crippen molar-refractivity contribution in [3.63, 3.8) is 0 Å². The number of benzene rings is 1. The van der Waals surface area contributed by atoms with Crippen LogP contribution in [0, 0.1) is 0 Å². The van der Waals surface area contributed by atoms with Crippen LogP contribution in [0.25, 0.3) is 6.08 Å². The van der Waals surface area contributed by atoms with E-state index in [4.69, 9.17) is 13.8 Å². The van der Waals surface area contributed by atoms with Crippen molar-refractivity contribution < 1.29 is 18.3 Å². The fourth-order valence-corrected chi connectivity index (χ4v) is 3.67. The highest BCUT2D eigenvalue weighted by molar-refractivity contribution is 7.62. The average Bonchev–Trinajstić information content (AvgIpc) is 2.37. The van der Waals surface area contributed by atoms with Gasteiger partial charge in [-0.3, -0.25) is 4.57 Å². The molecule has 0 fully saturated rings. The van der Waals surface area contributed by atoms with Gasteiger partial charge in [0, 0.05) is 5.56 Å². The predicted molar refractivity (Wildman–Crippen MR) is 80.7 cm³/mol. The van der Waals surface area contributed by atoms with Gasteiger partial charge in [0.15, 0.2) is 0 Å². The third-order valence-corrected chi connectivity index (χ3v) is 5.05. The van der Waals surface area contributed by atoms with Gasteiger partial charge in [-0.1, -0.05) is 6.08 Å². The summed E-state index contributed by atoms with van der Waals surface area (Å²) in [5.41, 5.74) is 0.569. The highest BCUT2D eigenvalue weighted by Crippen LogP contribution is 2.47. The molecule has 20 heavy (non-hydrogen) atoms. The van der Waals surface area contributed by atoms with Crippen LogP contribution in [0.5, 0.6) is 5.75 Å². The maximum absolute atomic E-state index is 12.7. The van der Waals surface area contributed by atoms with E-state index < -0.39 is 7.60 Å². The minimum Gasteiger partial charge on any atom is -0.483 e. The van der Waals surface area contributed by atoms with Crippen LogP contribution in [0.2, 0.25) is 0 Å². The van der Waals surface area contributed by atoms with E-state index in [1.807, 2.05) is 38.1 Å². The van der Waals surface area contributed by atoms with E-state index in [1.54, 1.807) is 19.9 Å². The molecule has 1 aliphatic rings. The summed E-state index contributed by atoms with van der Waals surface area (Å²) in [6.07, 6.45) is 3.95. The summed E-state index contributed by atoms with van der Waals surface area (Å²) in [7, 11) is -3.24. The molecule has 0 atom stereocenters. The molecule has 0 unspecified atom stereocenters. The van der Waals surface area contributed by atoms with Crippen molar-refractivity contribution in [3.8, 4) is 5.75 Å². The van der Waals surface area contributed by atoms with E-state index in [0.29, 0.717) is 18.5 Å². The first-order valence-corrected chi connectivity index (χ1v) is 8.36. The van der Waals surface area contributed by atoms with Gasteiger partial charge in [0.05, 0.1) is 18.5 Å². The molecule has 1 aromatic carbocycles. The Kier molecular flexibility index (Phi) is 4.38. The van der Waals surface area contributed by atoms with Crippen molar-refractivity contribution in [3.05, 3.63) is 29.8 Å². The molecule has 4 nitrogen and oxygen atoms in total. The van der Waals surface area contributed by atoms with Crippen LogP contribution in [-0.4, -0.2) is 18.8 Å². The van der Waals surface area contributed by atoms with Gasteiger partial charge in [0.25, 0.3) is 0 Å². The van der Waals surface area contributed by atoms with Gasteiger partial charge in [-0.15, -0.1) is 0 Å². The van der Waals surface area contributed by atoms with Crippen molar-refractivity contribution in [1.82, 2.24) is 0 Å². The number of ether oxygens (including phenoxy) is 1. The fraction of sp³-hybridized carbons (Fsp3) is 0.467. The molecular formula is C15H21O4P. The molecule has 1 heterocycles. The SMILES string of the molecule is CCOP(=O)(OCC)c1ccc2c(c1)C=CC(C)(C)O2. The lowest BCUT2D eigenvalue weighted by atomic mass is 10.0. The molecule has 0 aromatic heterocycles. The van der Waals surface area contributed by atoms with E-state index in [1.165, 1.54) is 0 Å². The highest BCUT2D eigenvalue weighted by Gasteiger charge is 2.29. The standard InChI is InChI=1S/C15H21O4P/c1-5-17-20(16,18-6-2)13-7-8-14-12(11-13)9-10-15(3,4)19-14/h7-11H,5-6H2,1-4H3. The van der Waals surface area contributed by atoms with Crippen LogP contribution in [0.4, 0.5) is 0 Å². The Morgan fingerprint density at radius 3 is 2.45 bits per heavy atom. The lowest BCUT2D eigenvalue weighted by Crippen LogP contribution is -2.28. The van der Waals surface area contributed by atoms with Gasteiger partial charge in [0.1, 0.15) is 11.4 Å². The summed E-state index contributed by atoms with van der Waals surface area (Å²) in [4.78, 5) is 0. The predicted octanol–water partition coefficient (Wildman–Crippen LogP) is 3.76. The van der Waals surface area contributed by atoms with Gasteiger partial charge in [-0.25, -0.2) is 0 Å². The topological polar surface area (TPSA) is 44.8 Å². The zero-order valence-corrected chi connectivity index (χ0v) is 13.3. The molecular weight excluding hydrogens is 275 g/mol. The summed E-state index contributed by atoms with van der Waals surface area (Å²) in [5, 5.41) is 0.563. The normalized spacial score (nSPS) is 16.6. The molecule has 0 saturated heterocycles. The Morgan fingerprint density at radius 1 is 1.20 bits per heavy atom. The number of hydrogen-bond donors (Lipinski definition) is 0. The Labute approximate surface area is 120 Å². The molecule has 0 bridgehead atoms. The number of rotatable bonds is 5. The van der Waals surface area contributed by atoms with Crippen LogP contribution >= 0.6 is 7.60 Å². The average molecular weight is 296 g/mol. The van der Waals surface area contributed by atoms with E-state index in [9.17, 15) is 4.57 Å². The maximum Gasteiger partial charge on any atom is 0.361 e. The third-order valence-electron chi connectivity index (χ3n) is 2.94. The monoisotopic (exact) mass is 296 g/mol. The van der Waals surface area contributed by atoms with Gasteiger partial charge < -0.3 is 13.8 Å². The first kappa shape index (κ1) is 15.3. The molecule has 0 N–H and O–H groups in total. The van der Waals surface area contributed by atoms with Crippen LogP contribution in [0.15, 0.2) is 24.3 Å². The number of fused-ring (bicyclic) bond motifs is 1. The van der Waals surface area contributed by atoms with E-state index in [0.717, 1.165) is 11.3 Å². The molecule has 0 amide bonds. The molecule has 2 rings (SSSR count). The smallest absolute Gasteiger partial charge is 0.361 e.